The van der Waals surface area contributed by atoms with Crippen LogP contribution in [0, 0.1) is 6.92 Å². The molecule has 1 aliphatic rings. The van der Waals surface area contributed by atoms with Gasteiger partial charge in [0.25, 0.3) is 0 Å². The molecule has 0 N–H and O–H groups in total. The van der Waals surface area contributed by atoms with Crippen LogP contribution in [0.25, 0.3) is 6.08 Å². The number of hydrogen-bond donors (Lipinski definition) is 0. The molecule has 2 heterocycles. The van der Waals surface area contributed by atoms with Crippen LogP contribution >= 0.6 is 0 Å². The van der Waals surface area contributed by atoms with E-state index < -0.39 is 0 Å². The smallest absolute Gasteiger partial charge is 0.233 e. The Labute approximate surface area is 130 Å². The molecule has 0 bridgehead atoms. The summed E-state index contributed by atoms with van der Waals surface area (Å²) in [5.74, 6) is 1.29. The third-order valence-electron chi connectivity index (χ3n) is 3.97. The molecule has 1 aromatic heterocycles. The van der Waals surface area contributed by atoms with Crippen molar-refractivity contribution in [2.75, 3.05) is 20.2 Å². The van der Waals surface area contributed by atoms with Crippen molar-refractivity contribution < 1.29 is 9.15 Å². The van der Waals surface area contributed by atoms with E-state index in [9.17, 15) is 0 Å². The molecule has 116 valence electrons. The van der Waals surface area contributed by atoms with Crippen LogP contribution in [0.4, 0.5) is 0 Å². The number of benzene rings is 1. The minimum Gasteiger partial charge on any atom is -0.424 e. The number of ether oxygens (including phenoxy) is 1. The van der Waals surface area contributed by atoms with Gasteiger partial charge in [0.05, 0.1) is 12.1 Å². The van der Waals surface area contributed by atoms with Crippen LogP contribution in [0.3, 0.4) is 0 Å². The number of aryl methyl sites for hydroxylation is 1. The topological polar surface area (TPSA) is 51.4 Å². The summed E-state index contributed by atoms with van der Waals surface area (Å²) >= 11 is 0. The van der Waals surface area contributed by atoms with Crippen LogP contribution in [0.5, 0.6) is 0 Å². The highest BCUT2D eigenvalue weighted by molar-refractivity contribution is 5.48. The normalized spacial score (nSPS) is 22.6. The summed E-state index contributed by atoms with van der Waals surface area (Å²) < 4.78 is 11.1. The summed E-state index contributed by atoms with van der Waals surface area (Å²) in [5, 5.41) is 8.12. The minimum atomic E-state index is 0.131. The first-order valence-electron chi connectivity index (χ1n) is 7.54. The van der Waals surface area contributed by atoms with Crippen LogP contribution in [0.1, 0.15) is 29.8 Å². The predicted octanol–water partition coefficient (Wildman–Crippen LogP) is 2.85. The summed E-state index contributed by atoms with van der Waals surface area (Å²) in [4.78, 5) is 2.32. The molecule has 0 saturated carbocycles. The zero-order valence-corrected chi connectivity index (χ0v) is 13.0. The van der Waals surface area contributed by atoms with Crippen molar-refractivity contribution in [1.29, 1.82) is 0 Å². The molecule has 1 fully saturated rings. The molecule has 2 atom stereocenters. The lowest BCUT2D eigenvalue weighted by Crippen LogP contribution is -2.25. The molecule has 2 aromatic rings. The molecule has 1 saturated heterocycles. The number of methoxy groups -OCH3 is 1. The Bertz CT molecular complexity index is 624. The van der Waals surface area contributed by atoms with E-state index in [1.807, 2.05) is 25.1 Å². The summed E-state index contributed by atoms with van der Waals surface area (Å²) in [6.45, 7) is 3.53. The fourth-order valence-corrected chi connectivity index (χ4v) is 2.83. The molecule has 0 aliphatic carbocycles. The maximum absolute atomic E-state index is 5.61. The molecule has 5 nitrogen and oxygen atoms in total. The molecular weight excluding hydrogens is 278 g/mol. The summed E-state index contributed by atoms with van der Waals surface area (Å²) in [6.07, 6.45) is 5.40. The first kappa shape index (κ1) is 14.9. The van der Waals surface area contributed by atoms with Crippen molar-refractivity contribution in [3.8, 4) is 0 Å². The van der Waals surface area contributed by atoms with Gasteiger partial charge in [0.2, 0.25) is 11.8 Å². The Kier molecular flexibility index (Phi) is 4.65. The first-order chi connectivity index (χ1) is 10.8. The van der Waals surface area contributed by atoms with Gasteiger partial charge in [0.15, 0.2) is 0 Å². The second-order valence-corrected chi connectivity index (χ2v) is 5.54. The maximum atomic E-state index is 5.61. The molecule has 5 heteroatoms. The van der Waals surface area contributed by atoms with Gasteiger partial charge in [-0.2, -0.15) is 0 Å². The first-order valence-corrected chi connectivity index (χ1v) is 7.54. The van der Waals surface area contributed by atoms with E-state index in [1.54, 1.807) is 7.11 Å². The Hall–Kier alpha value is -1.98. The van der Waals surface area contributed by atoms with Gasteiger partial charge in [0, 0.05) is 27.1 Å². The highest BCUT2D eigenvalue weighted by atomic mass is 16.5. The van der Waals surface area contributed by atoms with Gasteiger partial charge in [-0.25, -0.2) is 0 Å². The Morgan fingerprint density at radius 3 is 2.82 bits per heavy atom. The number of rotatable bonds is 5. The zero-order valence-electron chi connectivity index (χ0n) is 13.0. The van der Waals surface area contributed by atoms with Gasteiger partial charge in [-0.1, -0.05) is 42.5 Å². The standard InChI is InChI=1S/C17H21N3O2/c1-13-18-19-17(22-13)16-11-15(21-2)12-20(16)10-6-9-14-7-4-3-5-8-14/h3-9,15-16H,10-12H2,1-2H3/b9-6+/t15-,16+/m0/s1. The monoisotopic (exact) mass is 299 g/mol. The molecule has 0 unspecified atom stereocenters. The van der Waals surface area contributed by atoms with Crippen LogP contribution in [-0.4, -0.2) is 41.4 Å². The molecule has 3 rings (SSSR count). The van der Waals surface area contributed by atoms with Crippen molar-refractivity contribution in [2.24, 2.45) is 0 Å². The van der Waals surface area contributed by atoms with E-state index in [4.69, 9.17) is 9.15 Å². The fraction of sp³-hybridized carbons (Fsp3) is 0.412. The number of hydrogen-bond acceptors (Lipinski definition) is 5. The van der Waals surface area contributed by atoms with Crippen molar-refractivity contribution in [3.05, 3.63) is 53.8 Å². The second kappa shape index (κ2) is 6.85. The van der Waals surface area contributed by atoms with Gasteiger partial charge >= 0.3 is 0 Å². The van der Waals surface area contributed by atoms with E-state index in [0.29, 0.717) is 11.8 Å². The van der Waals surface area contributed by atoms with Crippen LogP contribution < -0.4 is 0 Å². The lowest BCUT2D eigenvalue weighted by molar-refractivity contribution is 0.109. The minimum absolute atomic E-state index is 0.131. The summed E-state index contributed by atoms with van der Waals surface area (Å²) in [6, 6.07) is 10.4. The number of aromatic nitrogens is 2. The quantitative estimate of drug-likeness (QED) is 0.849. The summed E-state index contributed by atoms with van der Waals surface area (Å²) in [5.41, 5.74) is 1.20. The van der Waals surface area contributed by atoms with E-state index in [-0.39, 0.29) is 12.1 Å². The predicted molar refractivity (Wildman–Crippen MR) is 84.2 cm³/mol. The lowest BCUT2D eigenvalue weighted by atomic mass is 10.2. The van der Waals surface area contributed by atoms with Gasteiger partial charge in [-0.15, -0.1) is 10.2 Å². The van der Waals surface area contributed by atoms with E-state index in [0.717, 1.165) is 19.5 Å². The molecule has 0 amide bonds. The van der Waals surface area contributed by atoms with E-state index in [2.05, 4.69) is 39.4 Å². The largest absolute Gasteiger partial charge is 0.424 e. The van der Waals surface area contributed by atoms with Gasteiger partial charge < -0.3 is 9.15 Å². The third kappa shape index (κ3) is 3.43. The average Bonchev–Trinajstić information content (AvgIpc) is 3.14. The van der Waals surface area contributed by atoms with E-state index >= 15 is 0 Å². The highest BCUT2D eigenvalue weighted by Gasteiger charge is 2.35. The number of likely N-dealkylation sites (tertiary alicyclic amines) is 1. The summed E-state index contributed by atoms with van der Waals surface area (Å²) in [7, 11) is 1.75. The Morgan fingerprint density at radius 1 is 1.32 bits per heavy atom. The number of nitrogens with zero attached hydrogens (tertiary/aromatic N) is 3. The molecule has 0 radical (unpaired) electrons. The van der Waals surface area contributed by atoms with Crippen molar-refractivity contribution in [1.82, 2.24) is 15.1 Å². The fourth-order valence-electron chi connectivity index (χ4n) is 2.83. The lowest BCUT2D eigenvalue weighted by Gasteiger charge is -2.19. The Balaban J connectivity index is 1.68. The maximum Gasteiger partial charge on any atom is 0.233 e. The SMILES string of the molecule is CO[C@H]1C[C@H](c2nnc(C)o2)N(C/C=C/c2ccccc2)C1. The molecule has 1 aromatic carbocycles. The van der Waals surface area contributed by atoms with E-state index in [1.165, 1.54) is 5.56 Å². The average molecular weight is 299 g/mol. The van der Waals surface area contributed by atoms with Gasteiger partial charge in [-0.3, -0.25) is 4.90 Å². The van der Waals surface area contributed by atoms with Gasteiger partial charge in [-0.05, 0) is 12.0 Å². The third-order valence-corrected chi connectivity index (χ3v) is 3.97. The van der Waals surface area contributed by atoms with Crippen LogP contribution in [-0.2, 0) is 4.74 Å². The molecular formula is C17H21N3O2. The van der Waals surface area contributed by atoms with Gasteiger partial charge in [0.1, 0.15) is 0 Å². The molecule has 22 heavy (non-hydrogen) atoms. The molecule has 1 aliphatic heterocycles. The van der Waals surface area contributed by atoms with Crippen molar-refractivity contribution >= 4 is 6.08 Å². The second-order valence-electron chi connectivity index (χ2n) is 5.54. The highest BCUT2D eigenvalue weighted by Crippen LogP contribution is 2.32. The molecule has 0 spiro atoms. The van der Waals surface area contributed by atoms with Crippen molar-refractivity contribution in [2.45, 2.75) is 25.5 Å². The zero-order chi connectivity index (χ0) is 15.4. The van der Waals surface area contributed by atoms with Crippen molar-refractivity contribution in [3.63, 3.8) is 0 Å². The Morgan fingerprint density at radius 2 is 2.14 bits per heavy atom. The van der Waals surface area contributed by atoms with Crippen LogP contribution in [0.15, 0.2) is 40.8 Å². The van der Waals surface area contributed by atoms with Crippen LogP contribution in [0.2, 0.25) is 0 Å².